The van der Waals surface area contributed by atoms with Crippen LogP contribution in [0.3, 0.4) is 0 Å². The second-order valence-electron chi connectivity index (χ2n) is 7.62. The zero-order valence-corrected chi connectivity index (χ0v) is 16.6. The van der Waals surface area contributed by atoms with Crippen LogP contribution in [-0.4, -0.2) is 49.8 Å². The molecule has 4 rings (SSSR count). The summed E-state index contributed by atoms with van der Waals surface area (Å²) in [5.41, 5.74) is 0.370. The molecule has 28 heavy (non-hydrogen) atoms. The molecule has 0 bridgehead atoms. The summed E-state index contributed by atoms with van der Waals surface area (Å²) in [6.45, 7) is 2.47. The lowest BCUT2D eigenvalue weighted by Crippen LogP contribution is -2.43. The van der Waals surface area contributed by atoms with E-state index in [0.717, 1.165) is 12.8 Å². The number of benzene rings is 1. The number of nitrogens with zero attached hydrogens (tertiary/aromatic N) is 1. The van der Waals surface area contributed by atoms with Crippen LogP contribution in [0.15, 0.2) is 23.1 Å². The summed E-state index contributed by atoms with van der Waals surface area (Å²) in [6.07, 6.45) is 3.08. The maximum Gasteiger partial charge on any atom is 0.265 e. The van der Waals surface area contributed by atoms with Crippen molar-refractivity contribution in [3.8, 4) is 5.75 Å². The molecule has 1 aliphatic carbocycles. The highest BCUT2D eigenvalue weighted by atomic mass is 32.2. The van der Waals surface area contributed by atoms with Gasteiger partial charge in [-0.3, -0.25) is 9.59 Å². The van der Waals surface area contributed by atoms with Gasteiger partial charge in [0.1, 0.15) is 5.75 Å². The molecule has 1 saturated carbocycles. The van der Waals surface area contributed by atoms with Crippen LogP contribution in [0.1, 0.15) is 39.0 Å². The molecular formula is C19H25N3O5S. The fourth-order valence-corrected chi connectivity index (χ4v) is 5.11. The Morgan fingerprint density at radius 3 is 2.61 bits per heavy atom. The highest BCUT2D eigenvalue weighted by molar-refractivity contribution is 7.89. The van der Waals surface area contributed by atoms with Gasteiger partial charge in [0.25, 0.3) is 5.91 Å². The third-order valence-electron chi connectivity index (χ3n) is 5.53. The van der Waals surface area contributed by atoms with E-state index in [1.54, 1.807) is 6.07 Å². The Balaban J connectivity index is 1.45. The molecule has 8 nitrogen and oxygen atoms in total. The molecule has 2 amide bonds. The maximum atomic E-state index is 13.0. The lowest BCUT2D eigenvalue weighted by Gasteiger charge is -2.31. The number of rotatable bonds is 5. The first kappa shape index (κ1) is 19.2. The lowest BCUT2D eigenvalue weighted by atomic mass is 9.97. The Bertz CT molecular complexity index is 889. The van der Waals surface area contributed by atoms with Crippen LogP contribution in [0.25, 0.3) is 0 Å². The monoisotopic (exact) mass is 407 g/mol. The quantitative estimate of drug-likeness (QED) is 0.769. The van der Waals surface area contributed by atoms with Crippen LogP contribution >= 0.6 is 0 Å². The number of nitrogens with one attached hydrogen (secondary N) is 2. The topological polar surface area (TPSA) is 105 Å². The summed E-state index contributed by atoms with van der Waals surface area (Å²) in [5, 5.41) is 5.72. The number of amides is 2. The van der Waals surface area contributed by atoms with E-state index in [1.807, 2.05) is 6.92 Å². The SMILES string of the molecule is CC[C@H]1Oc2ccc(S(=O)(=O)N3CCC(C(=O)NC4CC4)CC3)cc2NC1=O. The molecule has 2 N–H and O–H groups in total. The first-order valence-corrected chi connectivity index (χ1v) is 11.2. The summed E-state index contributed by atoms with van der Waals surface area (Å²) in [7, 11) is -3.70. The smallest absolute Gasteiger partial charge is 0.265 e. The van der Waals surface area contributed by atoms with Crippen LogP contribution in [0, 0.1) is 5.92 Å². The van der Waals surface area contributed by atoms with Crippen molar-refractivity contribution < 1.29 is 22.7 Å². The van der Waals surface area contributed by atoms with Gasteiger partial charge in [-0.15, -0.1) is 0 Å². The summed E-state index contributed by atoms with van der Waals surface area (Å²) < 4.78 is 33.1. The van der Waals surface area contributed by atoms with E-state index in [4.69, 9.17) is 4.74 Å². The van der Waals surface area contributed by atoms with Crippen molar-refractivity contribution in [1.82, 2.24) is 9.62 Å². The van der Waals surface area contributed by atoms with Crippen molar-refractivity contribution in [3.63, 3.8) is 0 Å². The van der Waals surface area contributed by atoms with Gasteiger partial charge in [-0.1, -0.05) is 6.92 Å². The summed E-state index contributed by atoms with van der Waals surface area (Å²) >= 11 is 0. The van der Waals surface area contributed by atoms with Gasteiger partial charge in [-0.2, -0.15) is 4.31 Å². The highest BCUT2D eigenvalue weighted by Crippen LogP contribution is 2.34. The van der Waals surface area contributed by atoms with Gasteiger partial charge in [0.2, 0.25) is 15.9 Å². The van der Waals surface area contributed by atoms with Gasteiger partial charge < -0.3 is 15.4 Å². The number of carbonyl (C=O) groups excluding carboxylic acids is 2. The molecule has 152 valence electrons. The fourth-order valence-electron chi connectivity index (χ4n) is 3.61. The van der Waals surface area contributed by atoms with Gasteiger partial charge in [-0.05, 0) is 50.3 Å². The first-order valence-electron chi connectivity index (χ1n) is 9.80. The van der Waals surface area contributed by atoms with Crippen LogP contribution in [0.5, 0.6) is 5.75 Å². The van der Waals surface area contributed by atoms with E-state index in [1.165, 1.54) is 16.4 Å². The number of fused-ring (bicyclic) bond motifs is 1. The van der Waals surface area contributed by atoms with E-state index in [2.05, 4.69) is 10.6 Å². The van der Waals surface area contributed by atoms with E-state index in [0.29, 0.717) is 49.8 Å². The molecule has 1 saturated heterocycles. The fraction of sp³-hybridized carbons (Fsp3) is 0.579. The third kappa shape index (κ3) is 3.73. The molecule has 2 fully saturated rings. The molecule has 2 heterocycles. The zero-order chi connectivity index (χ0) is 19.9. The molecule has 0 radical (unpaired) electrons. The summed E-state index contributed by atoms with van der Waals surface area (Å²) in [5.74, 6) is 0.112. The largest absolute Gasteiger partial charge is 0.478 e. The molecule has 3 aliphatic rings. The number of ether oxygens (including phenoxy) is 1. The Morgan fingerprint density at radius 1 is 1.25 bits per heavy atom. The van der Waals surface area contributed by atoms with Crippen molar-refractivity contribution in [2.45, 2.75) is 56.1 Å². The predicted molar refractivity (Wildman–Crippen MR) is 102 cm³/mol. The van der Waals surface area contributed by atoms with Gasteiger partial charge in [0, 0.05) is 25.0 Å². The highest BCUT2D eigenvalue weighted by Gasteiger charge is 2.35. The van der Waals surface area contributed by atoms with E-state index in [-0.39, 0.29) is 22.6 Å². The van der Waals surface area contributed by atoms with Crippen molar-refractivity contribution in [1.29, 1.82) is 0 Å². The van der Waals surface area contributed by atoms with Crippen molar-refractivity contribution in [2.24, 2.45) is 5.92 Å². The zero-order valence-electron chi connectivity index (χ0n) is 15.8. The van der Waals surface area contributed by atoms with Gasteiger partial charge in [0.15, 0.2) is 6.10 Å². The van der Waals surface area contributed by atoms with E-state index >= 15 is 0 Å². The van der Waals surface area contributed by atoms with Crippen LogP contribution < -0.4 is 15.4 Å². The number of hydrogen-bond acceptors (Lipinski definition) is 5. The molecule has 1 atom stereocenters. The Morgan fingerprint density at radius 2 is 1.96 bits per heavy atom. The maximum absolute atomic E-state index is 13.0. The van der Waals surface area contributed by atoms with Crippen molar-refractivity contribution in [3.05, 3.63) is 18.2 Å². The van der Waals surface area contributed by atoms with Crippen molar-refractivity contribution >= 4 is 27.5 Å². The molecule has 0 aromatic heterocycles. The minimum atomic E-state index is -3.70. The van der Waals surface area contributed by atoms with Gasteiger partial charge >= 0.3 is 0 Å². The molecule has 1 aromatic carbocycles. The summed E-state index contributed by atoms with van der Waals surface area (Å²) in [4.78, 5) is 24.3. The molecule has 9 heteroatoms. The lowest BCUT2D eigenvalue weighted by molar-refractivity contribution is -0.126. The van der Waals surface area contributed by atoms with Crippen LogP contribution in [-0.2, 0) is 19.6 Å². The standard InChI is InChI=1S/C19H25N3O5S/c1-2-16-19(24)21-15-11-14(5-6-17(15)27-16)28(25,26)22-9-7-12(8-10-22)18(23)20-13-3-4-13/h5-6,11-13,16H,2-4,7-10H2,1H3,(H,20,23)(H,21,24)/t16-/m1/s1. The van der Waals surface area contributed by atoms with Crippen molar-refractivity contribution in [2.75, 3.05) is 18.4 Å². The van der Waals surface area contributed by atoms with Crippen LogP contribution in [0.2, 0.25) is 0 Å². The Hall–Kier alpha value is -2.13. The van der Waals surface area contributed by atoms with E-state index < -0.39 is 16.1 Å². The second kappa shape index (κ2) is 7.36. The minimum Gasteiger partial charge on any atom is -0.478 e. The minimum absolute atomic E-state index is 0.0404. The average molecular weight is 407 g/mol. The predicted octanol–water partition coefficient (Wildman–Crippen LogP) is 1.48. The number of carbonyl (C=O) groups is 2. The number of anilines is 1. The van der Waals surface area contributed by atoms with Gasteiger partial charge in [-0.25, -0.2) is 8.42 Å². The molecular weight excluding hydrogens is 382 g/mol. The Labute approximate surface area is 164 Å². The number of sulfonamides is 1. The first-order chi connectivity index (χ1) is 13.4. The molecule has 0 spiro atoms. The summed E-state index contributed by atoms with van der Waals surface area (Å²) in [6, 6.07) is 4.85. The Kier molecular flexibility index (Phi) is 5.05. The van der Waals surface area contributed by atoms with E-state index in [9.17, 15) is 18.0 Å². The molecule has 1 aromatic rings. The number of piperidine rings is 1. The normalized spacial score (nSPS) is 23.5. The van der Waals surface area contributed by atoms with Gasteiger partial charge in [0.05, 0.1) is 10.6 Å². The average Bonchev–Trinajstić information content (AvgIpc) is 3.51. The molecule has 2 aliphatic heterocycles. The molecule has 0 unspecified atom stereocenters. The van der Waals surface area contributed by atoms with Crippen LogP contribution in [0.4, 0.5) is 5.69 Å². The third-order valence-corrected chi connectivity index (χ3v) is 7.42. The second-order valence-corrected chi connectivity index (χ2v) is 9.56. The number of hydrogen-bond donors (Lipinski definition) is 2.